The van der Waals surface area contributed by atoms with Crippen molar-refractivity contribution < 1.29 is 23.9 Å². The zero-order chi connectivity index (χ0) is 21.1. The van der Waals surface area contributed by atoms with Gasteiger partial charge in [0.1, 0.15) is 11.2 Å². The Kier molecular flexibility index (Phi) is 6.65. The van der Waals surface area contributed by atoms with Crippen molar-refractivity contribution >= 4 is 23.5 Å². The van der Waals surface area contributed by atoms with E-state index in [9.17, 15) is 14.4 Å². The second-order valence-corrected chi connectivity index (χ2v) is 8.34. The molecule has 0 bridgehead atoms. The molecule has 6 nitrogen and oxygen atoms in total. The Morgan fingerprint density at radius 3 is 2.29 bits per heavy atom. The number of esters is 1. The molecule has 0 radical (unpaired) electrons. The summed E-state index contributed by atoms with van der Waals surface area (Å²) in [5, 5.41) is 0. The van der Waals surface area contributed by atoms with E-state index in [1.165, 1.54) is 12.0 Å². The number of nitrogens with zero attached hydrogens (tertiary/aromatic N) is 1. The molecule has 28 heavy (non-hydrogen) atoms. The Bertz CT molecular complexity index is 774. The molecule has 1 aromatic carbocycles. The third-order valence-corrected chi connectivity index (χ3v) is 4.31. The number of hydrogen-bond acceptors (Lipinski definition) is 5. The first kappa shape index (κ1) is 21.7. The van der Waals surface area contributed by atoms with Crippen molar-refractivity contribution in [2.75, 3.05) is 7.11 Å². The van der Waals surface area contributed by atoms with Crippen LogP contribution in [0.1, 0.15) is 53.0 Å². The summed E-state index contributed by atoms with van der Waals surface area (Å²) in [5.74, 6) is -0.823. The molecule has 1 amide bonds. The van der Waals surface area contributed by atoms with Gasteiger partial charge in [0.25, 0.3) is 0 Å². The average Bonchev–Trinajstić information content (AvgIpc) is 2.59. The van der Waals surface area contributed by atoms with Gasteiger partial charge in [-0.3, -0.25) is 9.69 Å². The van der Waals surface area contributed by atoms with Gasteiger partial charge in [0.2, 0.25) is 0 Å². The Labute approximate surface area is 166 Å². The monoisotopic (exact) mass is 387 g/mol. The lowest BCUT2D eigenvalue weighted by Crippen LogP contribution is -2.48. The zero-order valence-corrected chi connectivity index (χ0v) is 17.4. The van der Waals surface area contributed by atoms with Crippen LogP contribution in [0.3, 0.4) is 0 Å². The maximum Gasteiger partial charge on any atom is 0.415 e. The van der Waals surface area contributed by atoms with Crippen LogP contribution in [0, 0.1) is 5.92 Å². The number of amides is 1. The number of ether oxygens (including phenoxy) is 2. The van der Waals surface area contributed by atoms with Gasteiger partial charge < -0.3 is 9.47 Å². The summed E-state index contributed by atoms with van der Waals surface area (Å²) in [7, 11) is 1.23. The Morgan fingerprint density at radius 1 is 1.18 bits per heavy atom. The highest BCUT2D eigenvalue weighted by atomic mass is 16.6. The van der Waals surface area contributed by atoms with Crippen LogP contribution in [0.2, 0.25) is 0 Å². The first-order valence-electron chi connectivity index (χ1n) is 9.48. The summed E-state index contributed by atoms with van der Waals surface area (Å²) < 4.78 is 10.5. The van der Waals surface area contributed by atoms with E-state index in [1.807, 2.05) is 19.9 Å². The SMILES string of the molecule is COC(=O)C1=C(c2ccccc2)N(C(=O)OC(C)(C)C)C(CC(C)C)CC1=O. The fourth-order valence-electron chi connectivity index (χ4n) is 3.32. The van der Waals surface area contributed by atoms with Crippen molar-refractivity contribution in [2.45, 2.75) is 59.1 Å². The van der Waals surface area contributed by atoms with Crippen molar-refractivity contribution in [1.82, 2.24) is 4.90 Å². The second kappa shape index (κ2) is 8.59. The summed E-state index contributed by atoms with van der Waals surface area (Å²) in [5.41, 5.74) is 0.0208. The zero-order valence-electron chi connectivity index (χ0n) is 17.4. The molecule has 152 valence electrons. The fourth-order valence-corrected chi connectivity index (χ4v) is 3.32. The standard InChI is InChI=1S/C22H29NO5/c1-14(2)12-16-13-17(24)18(20(25)27-6)19(15-10-8-7-9-11-15)23(16)21(26)28-22(3,4)5/h7-11,14,16H,12-13H2,1-6H3. The van der Waals surface area contributed by atoms with Gasteiger partial charge in [-0.25, -0.2) is 9.59 Å². The van der Waals surface area contributed by atoms with E-state index in [-0.39, 0.29) is 29.4 Å². The van der Waals surface area contributed by atoms with E-state index in [0.717, 1.165) is 0 Å². The van der Waals surface area contributed by atoms with Crippen LogP contribution in [0.25, 0.3) is 5.70 Å². The third kappa shape index (κ3) is 5.00. The average molecular weight is 387 g/mol. The molecule has 1 heterocycles. The van der Waals surface area contributed by atoms with Crippen molar-refractivity contribution in [3.05, 3.63) is 41.5 Å². The molecule has 1 aliphatic heterocycles. The van der Waals surface area contributed by atoms with Gasteiger partial charge in [-0.15, -0.1) is 0 Å². The van der Waals surface area contributed by atoms with Gasteiger partial charge in [0.05, 0.1) is 12.8 Å². The minimum atomic E-state index is -0.750. The van der Waals surface area contributed by atoms with Gasteiger partial charge in [0.15, 0.2) is 5.78 Å². The molecule has 0 fully saturated rings. The van der Waals surface area contributed by atoms with Crippen molar-refractivity contribution in [3.63, 3.8) is 0 Å². The maximum absolute atomic E-state index is 13.2. The van der Waals surface area contributed by atoms with E-state index >= 15 is 0 Å². The highest BCUT2D eigenvalue weighted by molar-refractivity contribution is 6.24. The maximum atomic E-state index is 13.2. The summed E-state index contributed by atoms with van der Waals surface area (Å²) in [6.07, 6.45) is 0.0828. The molecule has 0 saturated carbocycles. The Hall–Kier alpha value is -2.63. The first-order valence-corrected chi connectivity index (χ1v) is 9.48. The fraction of sp³-hybridized carbons (Fsp3) is 0.500. The minimum absolute atomic E-state index is 0.0538. The van der Waals surface area contributed by atoms with E-state index in [1.54, 1.807) is 45.0 Å². The molecule has 6 heteroatoms. The summed E-state index contributed by atoms with van der Waals surface area (Å²) >= 11 is 0. The lowest BCUT2D eigenvalue weighted by molar-refractivity contribution is -0.138. The van der Waals surface area contributed by atoms with Crippen molar-refractivity contribution in [2.24, 2.45) is 5.92 Å². The van der Waals surface area contributed by atoms with E-state index < -0.39 is 23.7 Å². The number of rotatable bonds is 4. The summed E-state index contributed by atoms with van der Waals surface area (Å²) in [6, 6.07) is 8.55. The van der Waals surface area contributed by atoms with Crippen LogP contribution in [0.5, 0.6) is 0 Å². The van der Waals surface area contributed by atoms with Crippen molar-refractivity contribution in [3.8, 4) is 0 Å². The molecule has 0 spiro atoms. The number of benzene rings is 1. The normalized spacial score (nSPS) is 17.8. The lowest BCUT2D eigenvalue weighted by Gasteiger charge is -2.39. The molecule has 0 aromatic heterocycles. The number of methoxy groups -OCH3 is 1. The number of Topliss-reactive ketones (excluding diaryl/α,β-unsaturated/α-hetero) is 1. The quantitative estimate of drug-likeness (QED) is 0.572. The van der Waals surface area contributed by atoms with Crippen LogP contribution in [-0.4, -0.2) is 41.5 Å². The van der Waals surface area contributed by atoms with Gasteiger partial charge in [-0.2, -0.15) is 0 Å². The van der Waals surface area contributed by atoms with Gasteiger partial charge in [-0.1, -0.05) is 44.2 Å². The molecule has 1 aliphatic rings. The highest BCUT2D eigenvalue weighted by Crippen LogP contribution is 2.36. The molecule has 2 rings (SSSR count). The lowest BCUT2D eigenvalue weighted by atomic mass is 9.87. The van der Waals surface area contributed by atoms with Crippen LogP contribution >= 0.6 is 0 Å². The van der Waals surface area contributed by atoms with Crippen LogP contribution in [0.15, 0.2) is 35.9 Å². The smallest absolute Gasteiger partial charge is 0.415 e. The number of carbonyl (C=O) groups is 3. The van der Waals surface area contributed by atoms with Crippen molar-refractivity contribution in [1.29, 1.82) is 0 Å². The first-order chi connectivity index (χ1) is 13.0. The minimum Gasteiger partial charge on any atom is -0.465 e. The van der Waals surface area contributed by atoms with Crippen LogP contribution < -0.4 is 0 Å². The molecular formula is C22H29NO5. The Balaban J connectivity index is 2.70. The predicted molar refractivity (Wildman–Crippen MR) is 106 cm³/mol. The summed E-state index contributed by atoms with van der Waals surface area (Å²) in [6.45, 7) is 9.40. The van der Waals surface area contributed by atoms with Gasteiger partial charge in [-0.05, 0) is 38.7 Å². The Morgan fingerprint density at radius 2 is 1.79 bits per heavy atom. The summed E-state index contributed by atoms with van der Waals surface area (Å²) in [4.78, 5) is 40.0. The van der Waals surface area contributed by atoms with Crippen LogP contribution in [0.4, 0.5) is 4.79 Å². The number of hydrogen-bond donors (Lipinski definition) is 0. The third-order valence-electron chi connectivity index (χ3n) is 4.31. The molecule has 0 N–H and O–H groups in total. The molecule has 1 unspecified atom stereocenters. The molecular weight excluding hydrogens is 358 g/mol. The topological polar surface area (TPSA) is 72.9 Å². The van der Waals surface area contributed by atoms with E-state index in [4.69, 9.17) is 9.47 Å². The molecule has 1 aromatic rings. The number of carbonyl (C=O) groups excluding carboxylic acids is 3. The predicted octanol–water partition coefficient (Wildman–Crippen LogP) is 4.20. The number of ketones is 1. The van der Waals surface area contributed by atoms with Gasteiger partial charge in [0, 0.05) is 12.5 Å². The molecule has 1 atom stereocenters. The van der Waals surface area contributed by atoms with E-state index in [2.05, 4.69) is 0 Å². The van der Waals surface area contributed by atoms with E-state index in [0.29, 0.717) is 12.0 Å². The van der Waals surface area contributed by atoms with Crippen LogP contribution in [-0.2, 0) is 19.1 Å². The molecule has 0 saturated heterocycles. The highest BCUT2D eigenvalue weighted by Gasteiger charge is 2.42. The second-order valence-electron chi connectivity index (χ2n) is 8.34. The largest absolute Gasteiger partial charge is 0.465 e. The molecule has 0 aliphatic carbocycles. The van der Waals surface area contributed by atoms with Gasteiger partial charge >= 0.3 is 12.1 Å².